The molecule has 9 heteroatoms. The van der Waals surface area contributed by atoms with Crippen molar-refractivity contribution >= 4 is 45.9 Å². The molecule has 4 aromatic rings. The molecule has 0 fully saturated rings. The molecule has 0 radical (unpaired) electrons. The Morgan fingerprint density at radius 2 is 2.00 bits per heavy atom. The van der Waals surface area contributed by atoms with Gasteiger partial charge in [0.1, 0.15) is 0 Å². The summed E-state index contributed by atoms with van der Waals surface area (Å²) in [7, 11) is 0. The van der Waals surface area contributed by atoms with Gasteiger partial charge in [-0.2, -0.15) is 0 Å². The second-order valence-corrected chi connectivity index (χ2v) is 8.04. The maximum atomic E-state index is 11.2. The fraction of sp³-hybridized carbons (Fsp3) is 0.0476. The molecule has 0 N–H and O–H groups in total. The average molecular weight is 457 g/mol. The molecular formula is C21H14Cl2N4O2S. The lowest BCUT2D eigenvalue weighted by atomic mass is 10.1. The molecule has 0 unspecified atom stereocenters. The van der Waals surface area contributed by atoms with Gasteiger partial charge in [0.2, 0.25) is 0 Å². The SMILES string of the molecule is O=[N+]([O-])c1cccc(-c2csc(=Nc3cccnc3)n2Cc2ccc(Cl)cc2Cl)c1. The van der Waals surface area contributed by atoms with Crippen molar-refractivity contribution in [3.63, 3.8) is 0 Å². The van der Waals surface area contributed by atoms with Gasteiger partial charge in [-0.3, -0.25) is 15.1 Å². The summed E-state index contributed by atoms with van der Waals surface area (Å²) in [5.41, 5.74) is 3.12. The Kier molecular flexibility index (Phi) is 5.94. The molecule has 2 heterocycles. The van der Waals surface area contributed by atoms with Gasteiger partial charge in [0.05, 0.1) is 29.0 Å². The first-order valence-corrected chi connectivity index (χ1v) is 10.5. The largest absolute Gasteiger partial charge is 0.312 e. The van der Waals surface area contributed by atoms with E-state index in [4.69, 9.17) is 28.2 Å². The van der Waals surface area contributed by atoms with Crippen LogP contribution in [0.1, 0.15) is 5.56 Å². The van der Waals surface area contributed by atoms with E-state index in [0.29, 0.717) is 22.3 Å². The third-order valence-corrected chi connectivity index (χ3v) is 5.82. The number of non-ortho nitro benzene ring substituents is 1. The summed E-state index contributed by atoms with van der Waals surface area (Å²) >= 11 is 13.9. The van der Waals surface area contributed by atoms with E-state index in [1.54, 1.807) is 36.7 Å². The summed E-state index contributed by atoms with van der Waals surface area (Å²) in [6, 6.07) is 15.5. The second-order valence-electron chi connectivity index (χ2n) is 6.36. The van der Waals surface area contributed by atoms with E-state index in [-0.39, 0.29) is 5.69 Å². The van der Waals surface area contributed by atoms with E-state index in [1.165, 1.54) is 17.4 Å². The van der Waals surface area contributed by atoms with Crippen LogP contribution in [-0.2, 0) is 6.54 Å². The number of halogens is 2. The Morgan fingerprint density at radius 3 is 2.73 bits per heavy atom. The molecule has 2 aromatic heterocycles. The number of nitro benzene ring substituents is 1. The minimum Gasteiger partial charge on any atom is -0.312 e. The maximum absolute atomic E-state index is 11.2. The van der Waals surface area contributed by atoms with Crippen LogP contribution in [0.3, 0.4) is 0 Å². The quantitative estimate of drug-likeness (QED) is 0.268. The minimum atomic E-state index is -0.406. The van der Waals surface area contributed by atoms with Crippen LogP contribution in [0.25, 0.3) is 11.3 Å². The van der Waals surface area contributed by atoms with E-state index < -0.39 is 4.92 Å². The number of aromatic nitrogens is 2. The number of hydrogen-bond acceptors (Lipinski definition) is 5. The van der Waals surface area contributed by atoms with Gasteiger partial charge in [0.25, 0.3) is 5.69 Å². The molecule has 0 aliphatic carbocycles. The third kappa shape index (κ3) is 4.43. The monoisotopic (exact) mass is 456 g/mol. The summed E-state index contributed by atoms with van der Waals surface area (Å²) in [5, 5.41) is 14.3. The molecule has 0 aliphatic heterocycles. The molecule has 4 rings (SSSR count). The zero-order chi connectivity index (χ0) is 21.1. The van der Waals surface area contributed by atoms with Crippen LogP contribution in [0.2, 0.25) is 10.0 Å². The summed E-state index contributed by atoms with van der Waals surface area (Å²) in [4.78, 5) is 20.4. The number of hydrogen-bond donors (Lipinski definition) is 0. The van der Waals surface area contributed by atoms with E-state index in [0.717, 1.165) is 21.6 Å². The highest BCUT2D eigenvalue weighted by Crippen LogP contribution is 2.27. The molecular weight excluding hydrogens is 443 g/mol. The summed E-state index contributed by atoms with van der Waals surface area (Å²) in [6.07, 6.45) is 3.36. The predicted octanol–water partition coefficient (Wildman–Crippen LogP) is 6.11. The van der Waals surface area contributed by atoms with Crippen molar-refractivity contribution in [1.82, 2.24) is 9.55 Å². The molecule has 0 amide bonds. The summed E-state index contributed by atoms with van der Waals surface area (Å²) in [5.74, 6) is 0. The molecule has 6 nitrogen and oxygen atoms in total. The first kappa shape index (κ1) is 20.3. The van der Waals surface area contributed by atoms with Crippen LogP contribution in [0.5, 0.6) is 0 Å². The Labute approximate surface area is 185 Å². The summed E-state index contributed by atoms with van der Waals surface area (Å²) < 4.78 is 1.98. The smallest absolute Gasteiger partial charge is 0.270 e. The number of rotatable bonds is 5. The maximum Gasteiger partial charge on any atom is 0.270 e. The average Bonchev–Trinajstić information content (AvgIpc) is 3.13. The fourth-order valence-corrected chi connectivity index (χ4v) is 4.33. The van der Waals surface area contributed by atoms with Gasteiger partial charge in [-0.15, -0.1) is 11.3 Å². The normalized spacial score (nSPS) is 11.6. The van der Waals surface area contributed by atoms with Crippen LogP contribution >= 0.6 is 34.5 Å². The zero-order valence-corrected chi connectivity index (χ0v) is 17.7. The fourth-order valence-electron chi connectivity index (χ4n) is 2.93. The lowest BCUT2D eigenvalue weighted by Crippen LogP contribution is -2.17. The lowest BCUT2D eigenvalue weighted by molar-refractivity contribution is -0.384. The molecule has 0 saturated carbocycles. The first-order valence-electron chi connectivity index (χ1n) is 8.83. The van der Waals surface area contributed by atoms with Gasteiger partial charge in [-0.25, -0.2) is 4.99 Å². The highest BCUT2D eigenvalue weighted by molar-refractivity contribution is 7.07. The van der Waals surface area contributed by atoms with Crippen molar-refractivity contribution in [3.05, 3.63) is 103 Å². The second kappa shape index (κ2) is 8.79. The van der Waals surface area contributed by atoms with Crippen LogP contribution in [-0.4, -0.2) is 14.5 Å². The Balaban J connectivity index is 1.88. The molecule has 30 heavy (non-hydrogen) atoms. The van der Waals surface area contributed by atoms with Gasteiger partial charge in [-0.05, 0) is 29.8 Å². The Bertz CT molecular complexity index is 1290. The van der Waals surface area contributed by atoms with Crippen molar-refractivity contribution in [2.24, 2.45) is 4.99 Å². The predicted molar refractivity (Wildman–Crippen MR) is 119 cm³/mol. The topological polar surface area (TPSA) is 73.3 Å². The van der Waals surface area contributed by atoms with Crippen molar-refractivity contribution in [2.45, 2.75) is 6.54 Å². The van der Waals surface area contributed by atoms with E-state index in [9.17, 15) is 10.1 Å². The number of thiazole rings is 1. The Morgan fingerprint density at radius 1 is 1.13 bits per heavy atom. The molecule has 0 atom stereocenters. The zero-order valence-electron chi connectivity index (χ0n) is 15.4. The van der Waals surface area contributed by atoms with E-state index in [1.807, 2.05) is 34.2 Å². The number of benzene rings is 2. The van der Waals surface area contributed by atoms with Gasteiger partial charge < -0.3 is 4.57 Å². The highest BCUT2D eigenvalue weighted by Gasteiger charge is 2.14. The van der Waals surface area contributed by atoms with Gasteiger partial charge in [-0.1, -0.05) is 41.4 Å². The van der Waals surface area contributed by atoms with E-state index >= 15 is 0 Å². The standard InChI is InChI=1S/C21H14Cl2N4O2S/c22-16-7-6-15(19(23)10-16)12-26-20(14-3-1-5-18(9-14)27(28)29)13-30-21(26)25-17-4-2-8-24-11-17/h1-11,13H,12H2. The van der Waals surface area contributed by atoms with Crippen LogP contribution in [0.15, 0.2) is 77.4 Å². The van der Waals surface area contributed by atoms with Crippen molar-refractivity contribution < 1.29 is 4.92 Å². The van der Waals surface area contributed by atoms with E-state index in [2.05, 4.69) is 4.98 Å². The highest BCUT2D eigenvalue weighted by atomic mass is 35.5. The van der Waals surface area contributed by atoms with Crippen LogP contribution in [0, 0.1) is 10.1 Å². The lowest BCUT2D eigenvalue weighted by Gasteiger charge is -2.11. The molecule has 0 saturated heterocycles. The van der Waals surface area contributed by atoms with Gasteiger partial charge in [0, 0.05) is 39.3 Å². The van der Waals surface area contributed by atoms with Gasteiger partial charge in [0.15, 0.2) is 4.80 Å². The first-order chi connectivity index (χ1) is 14.5. The number of pyridine rings is 1. The third-order valence-electron chi connectivity index (χ3n) is 4.36. The van der Waals surface area contributed by atoms with Crippen molar-refractivity contribution in [3.8, 4) is 11.3 Å². The molecule has 150 valence electrons. The Hall–Kier alpha value is -3.00. The molecule has 0 bridgehead atoms. The van der Waals surface area contributed by atoms with Crippen LogP contribution in [0.4, 0.5) is 11.4 Å². The molecule has 2 aromatic carbocycles. The van der Waals surface area contributed by atoms with Crippen molar-refractivity contribution in [1.29, 1.82) is 0 Å². The minimum absolute atomic E-state index is 0.0283. The molecule has 0 spiro atoms. The number of nitrogens with zero attached hydrogens (tertiary/aromatic N) is 4. The number of nitro groups is 1. The molecule has 0 aliphatic rings. The summed E-state index contributed by atoms with van der Waals surface area (Å²) in [6.45, 7) is 0.427. The van der Waals surface area contributed by atoms with Crippen LogP contribution < -0.4 is 4.80 Å². The van der Waals surface area contributed by atoms with Crippen molar-refractivity contribution in [2.75, 3.05) is 0 Å². The van der Waals surface area contributed by atoms with Gasteiger partial charge >= 0.3 is 0 Å².